The quantitative estimate of drug-likeness (QED) is 0.658. The van der Waals surface area contributed by atoms with E-state index in [4.69, 9.17) is 0 Å². The van der Waals surface area contributed by atoms with E-state index >= 15 is 0 Å². The SMILES string of the molecule is CN=C(NCC1(c2ccc(F)cc2)CC1)NC(C)(C)C. The second kappa shape index (κ2) is 5.43. The van der Waals surface area contributed by atoms with Crippen LogP contribution in [0.25, 0.3) is 0 Å². The molecule has 0 spiro atoms. The zero-order valence-corrected chi connectivity index (χ0v) is 12.8. The molecule has 1 saturated carbocycles. The Hall–Kier alpha value is -1.58. The number of rotatable bonds is 3. The first-order valence-corrected chi connectivity index (χ1v) is 7.10. The zero-order chi connectivity index (χ0) is 14.8. The van der Waals surface area contributed by atoms with Gasteiger partial charge in [-0.05, 0) is 51.3 Å². The van der Waals surface area contributed by atoms with Crippen LogP contribution in [-0.2, 0) is 5.41 Å². The molecule has 20 heavy (non-hydrogen) atoms. The lowest BCUT2D eigenvalue weighted by molar-refractivity contribution is 0.497. The number of benzene rings is 1. The summed E-state index contributed by atoms with van der Waals surface area (Å²) >= 11 is 0. The van der Waals surface area contributed by atoms with Crippen molar-refractivity contribution >= 4 is 5.96 Å². The van der Waals surface area contributed by atoms with E-state index in [2.05, 4.69) is 36.4 Å². The molecule has 1 aromatic rings. The van der Waals surface area contributed by atoms with Gasteiger partial charge in [-0.15, -0.1) is 0 Å². The number of aliphatic imine (C=N–C) groups is 1. The normalized spacial score (nSPS) is 17.8. The molecule has 110 valence electrons. The molecular weight excluding hydrogens is 253 g/mol. The van der Waals surface area contributed by atoms with E-state index in [1.165, 1.54) is 17.7 Å². The third-order valence-corrected chi connectivity index (χ3v) is 3.62. The molecule has 0 amide bonds. The third kappa shape index (κ3) is 3.71. The molecule has 0 atom stereocenters. The molecule has 0 heterocycles. The van der Waals surface area contributed by atoms with Crippen molar-refractivity contribution in [2.75, 3.05) is 13.6 Å². The molecule has 1 aliphatic rings. The molecule has 0 aliphatic heterocycles. The first-order valence-electron chi connectivity index (χ1n) is 7.10. The average Bonchev–Trinajstić information content (AvgIpc) is 3.15. The lowest BCUT2D eigenvalue weighted by Crippen LogP contribution is -2.49. The number of hydrogen-bond acceptors (Lipinski definition) is 1. The second-order valence-corrected chi connectivity index (χ2v) is 6.59. The van der Waals surface area contributed by atoms with Crippen LogP contribution in [0.4, 0.5) is 4.39 Å². The molecule has 1 fully saturated rings. The van der Waals surface area contributed by atoms with Gasteiger partial charge in [-0.1, -0.05) is 12.1 Å². The average molecular weight is 277 g/mol. The van der Waals surface area contributed by atoms with Crippen LogP contribution in [0.5, 0.6) is 0 Å². The van der Waals surface area contributed by atoms with Gasteiger partial charge in [-0.25, -0.2) is 4.39 Å². The summed E-state index contributed by atoms with van der Waals surface area (Å²) in [7, 11) is 1.78. The van der Waals surface area contributed by atoms with Crippen molar-refractivity contribution in [2.24, 2.45) is 4.99 Å². The van der Waals surface area contributed by atoms with Crippen LogP contribution in [0.15, 0.2) is 29.3 Å². The number of nitrogens with zero attached hydrogens (tertiary/aromatic N) is 1. The van der Waals surface area contributed by atoms with Gasteiger partial charge in [0.15, 0.2) is 5.96 Å². The fourth-order valence-electron chi connectivity index (χ4n) is 2.31. The molecule has 0 saturated heterocycles. The van der Waals surface area contributed by atoms with Crippen LogP contribution in [-0.4, -0.2) is 25.1 Å². The van der Waals surface area contributed by atoms with Crippen LogP contribution in [0.3, 0.4) is 0 Å². The van der Waals surface area contributed by atoms with Crippen LogP contribution in [0.1, 0.15) is 39.2 Å². The minimum Gasteiger partial charge on any atom is -0.356 e. The van der Waals surface area contributed by atoms with Crippen LogP contribution >= 0.6 is 0 Å². The fourth-order valence-corrected chi connectivity index (χ4v) is 2.31. The van der Waals surface area contributed by atoms with Crippen LogP contribution < -0.4 is 10.6 Å². The van der Waals surface area contributed by atoms with E-state index in [0.29, 0.717) is 0 Å². The van der Waals surface area contributed by atoms with E-state index < -0.39 is 0 Å². The van der Waals surface area contributed by atoms with Crippen molar-refractivity contribution in [1.29, 1.82) is 0 Å². The molecule has 0 unspecified atom stereocenters. The Labute approximate surface area is 120 Å². The first kappa shape index (κ1) is 14.8. The number of nitrogens with one attached hydrogen (secondary N) is 2. The Balaban J connectivity index is 1.98. The summed E-state index contributed by atoms with van der Waals surface area (Å²) in [6, 6.07) is 6.86. The van der Waals surface area contributed by atoms with Crippen LogP contribution in [0.2, 0.25) is 0 Å². The highest BCUT2D eigenvalue weighted by Gasteiger charge is 2.44. The van der Waals surface area contributed by atoms with E-state index in [-0.39, 0.29) is 16.8 Å². The van der Waals surface area contributed by atoms with Crippen molar-refractivity contribution in [2.45, 2.75) is 44.6 Å². The van der Waals surface area contributed by atoms with Gasteiger partial charge in [0.2, 0.25) is 0 Å². The molecule has 4 heteroatoms. The van der Waals surface area contributed by atoms with Crippen molar-refractivity contribution < 1.29 is 4.39 Å². The molecule has 1 aliphatic carbocycles. The minimum absolute atomic E-state index is 0.0194. The van der Waals surface area contributed by atoms with Crippen molar-refractivity contribution in [1.82, 2.24) is 10.6 Å². The second-order valence-electron chi connectivity index (χ2n) is 6.59. The van der Waals surface area contributed by atoms with E-state index in [1.807, 2.05) is 12.1 Å². The minimum atomic E-state index is -0.178. The van der Waals surface area contributed by atoms with E-state index in [1.54, 1.807) is 7.05 Å². The lowest BCUT2D eigenvalue weighted by atomic mass is 9.96. The van der Waals surface area contributed by atoms with E-state index in [9.17, 15) is 4.39 Å². The summed E-state index contributed by atoms with van der Waals surface area (Å²) in [6.45, 7) is 7.14. The molecule has 3 nitrogen and oxygen atoms in total. The third-order valence-electron chi connectivity index (χ3n) is 3.62. The van der Waals surface area contributed by atoms with Crippen molar-refractivity contribution in [3.05, 3.63) is 35.6 Å². The maximum absolute atomic E-state index is 13.0. The maximum atomic E-state index is 13.0. The molecule has 1 aromatic carbocycles. The van der Waals surface area contributed by atoms with Gasteiger partial charge < -0.3 is 10.6 Å². The standard InChI is InChI=1S/C16H24FN3/c1-15(2,3)20-14(18-4)19-11-16(9-10-16)12-5-7-13(17)8-6-12/h5-8H,9-11H2,1-4H3,(H2,18,19,20). The summed E-state index contributed by atoms with van der Waals surface area (Å²) in [4.78, 5) is 4.25. The Bertz CT molecular complexity index is 481. The maximum Gasteiger partial charge on any atom is 0.191 e. The van der Waals surface area contributed by atoms with Gasteiger partial charge >= 0.3 is 0 Å². The molecule has 2 N–H and O–H groups in total. The largest absolute Gasteiger partial charge is 0.356 e. The highest BCUT2D eigenvalue weighted by atomic mass is 19.1. The number of halogens is 1. The van der Waals surface area contributed by atoms with Crippen molar-refractivity contribution in [3.63, 3.8) is 0 Å². The van der Waals surface area contributed by atoms with E-state index in [0.717, 1.165) is 25.3 Å². The summed E-state index contributed by atoms with van der Waals surface area (Å²) in [6.07, 6.45) is 2.27. The first-order chi connectivity index (χ1) is 9.35. The van der Waals surface area contributed by atoms with Gasteiger partial charge in [0.25, 0.3) is 0 Å². The Morgan fingerprint density at radius 3 is 2.30 bits per heavy atom. The molecule has 0 bridgehead atoms. The van der Waals surface area contributed by atoms with Gasteiger partial charge in [0, 0.05) is 24.5 Å². The highest BCUT2D eigenvalue weighted by Crippen LogP contribution is 2.47. The fraction of sp³-hybridized carbons (Fsp3) is 0.562. The predicted molar refractivity (Wildman–Crippen MR) is 81.6 cm³/mol. The Morgan fingerprint density at radius 1 is 1.25 bits per heavy atom. The lowest BCUT2D eigenvalue weighted by Gasteiger charge is -2.25. The van der Waals surface area contributed by atoms with Gasteiger partial charge in [0.05, 0.1) is 0 Å². The smallest absolute Gasteiger partial charge is 0.191 e. The molecular formula is C16H24FN3. The van der Waals surface area contributed by atoms with Crippen molar-refractivity contribution in [3.8, 4) is 0 Å². The van der Waals surface area contributed by atoms with Gasteiger partial charge in [-0.2, -0.15) is 0 Å². The molecule has 0 radical (unpaired) electrons. The predicted octanol–water partition coefficient (Wildman–Crippen LogP) is 2.82. The zero-order valence-electron chi connectivity index (χ0n) is 12.8. The Morgan fingerprint density at radius 2 is 1.85 bits per heavy atom. The topological polar surface area (TPSA) is 36.4 Å². The highest BCUT2D eigenvalue weighted by molar-refractivity contribution is 5.80. The summed E-state index contributed by atoms with van der Waals surface area (Å²) in [5.41, 5.74) is 1.33. The monoisotopic (exact) mass is 277 g/mol. The van der Waals surface area contributed by atoms with Crippen LogP contribution in [0, 0.1) is 5.82 Å². The summed E-state index contributed by atoms with van der Waals surface area (Å²) < 4.78 is 13.0. The molecule has 0 aromatic heterocycles. The summed E-state index contributed by atoms with van der Waals surface area (Å²) in [5, 5.41) is 6.73. The Kier molecular flexibility index (Phi) is 4.02. The number of hydrogen-bond donors (Lipinski definition) is 2. The van der Waals surface area contributed by atoms with Gasteiger partial charge in [-0.3, -0.25) is 4.99 Å². The summed E-state index contributed by atoms with van der Waals surface area (Å²) in [5.74, 6) is 0.633. The van der Waals surface area contributed by atoms with Gasteiger partial charge in [0.1, 0.15) is 5.82 Å². The molecule has 2 rings (SSSR count). The number of guanidine groups is 1.